The fraction of sp³-hybridized carbons (Fsp3) is 0.889. The summed E-state index contributed by atoms with van der Waals surface area (Å²) in [5.74, 6) is 0.0297. The second-order valence-electron chi connectivity index (χ2n) is 3.34. The second kappa shape index (κ2) is 8.01. The van der Waals surface area contributed by atoms with Crippen LogP contribution in [0.25, 0.3) is 0 Å². The van der Waals surface area contributed by atoms with Crippen molar-refractivity contribution in [2.75, 3.05) is 26.2 Å². The lowest BCUT2D eigenvalue weighted by Gasteiger charge is -2.08. The van der Waals surface area contributed by atoms with Crippen LogP contribution < -0.4 is 16.0 Å². The minimum atomic E-state index is 0.0297. The summed E-state index contributed by atoms with van der Waals surface area (Å²) in [6.45, 7) is 9.22. The molecule has 13 heavy (non-hydrogen) atoms. The van der Waals surface area contributed by atoms with Crippen molar-refractivity contribution < 1.29 is 4.79 Å². The maximum absolute atomic E-state index is 10.5. The Kier molecular flexibility index (Phi) is 7.63. The number of hydrogen-bond donors (Lipinski definition) is 3. The minimum absolute atomic E-state index is 0.0297. The smallest absolute Gasteiger partial charge is 0.216 e. The van der Waals surface area contributed by atoms with Crippen molar-refractivity contribution in [3.8, 4) is 0 Å². The summed E-state index contributed by atoms with van der Waals surface area (Å²) in [6, 6.07) is 0.539. The molecule has 0 aromatic carbocycles. The van der Waals surface area contributed by atoms with E-state index < -0.39 is 0 Å². The first kappa shape index (κ1) is 12.4. The van der Waals surface area contributed by atoms with Crippen LogP contribution >= 0.6 is 0 Å². The van der Waals surface area contributed by atoms with Crippen LogP contribution in [0.2, 0.25) is 0 Å². The van der Waals surface area contributed by atoms with Gasteiger partial charge in [-0.1, -0.05) is 13.8 Å². The van der Waals surface area contributed by atoms with Gasteiger partial charge in [-0.2, -0.15) is 0 Å². The summed E-state index contributed by atoms with van der Waals surface area (Å²) >= 11 is 0. The van der Waals surface area contributed by atoms with Crippen LogP contribution in [0, 0.1) is 0 Å². The highest BCUT2D eigenvalue weighted by Crippen LogP contribution is 1.72. The second-order valence-corrected chi connectivity index (χ2v) is 3.34. The molecule has 0 unspecified atom stereocenters. The average Bonchev–Trinajstić information content (AvgIpc) is 2.01. The first-order valence-electron chi connectivity index (χ1n) is 4.81. The highest BCUT2D eigenvalue weighted by atomic mass is 16.1. The van der Waals surface area contributed by atoms with E-state index in [4.69, 9.17) is 0 Å². The Bertz CT molecular complexity index is 137. The SMILES string of the molecule is CC(=O)NCCNCCNC(C)C. The number of nitrogens with one attached hydrogen (secondary N) is 3. The van der Waals surface area contributed by atoms with Crippen molar-refractivity contribution in [1.29, 1.82) is 0 Å². The summed E-state index contributed by atoms with van der Waals surface area (Å²) < 4.78 is 0. The molecule has 0 radical (unpaired) electrons. The molecular weight excluding hydrogens is 166 g/mol. The molecule has 0 saturated heterocycles. The normalized spacial score (nSPS) is 10.5. The van der Waals surface area contributed by atoms with Gasteiger partial charge in [-0.15, -0.1) is 0 Å². The molecule has 0 aliphatic heterocycles. The summed E-state index contributed by atoms with van der Waals surface area (Å²) in [5, 5.41) is 9.24. The van der Waals surface area contributed by atoms with Gasteiger partial charge in [0, 0.05) is 39.1 Å². The van der Waals surface area contributed by atoms with E-state index in [2.05, 4.69) is 29.8 Å². The third kappa shape index (κ3) is 11.4. The van der Waals surface area contributed by atoms with Gasteiger partial charge in [-0.3, -0.25) is 4.79 Å². The Morgan fingerprint density at radius 3 is 2.31 bits per heavy atom. The summed E-state index contributed by atoms with van der Waals surface area (Å²) in [5.41, 5.74) is 0. The van der Waals surface area contributed by atoms with Crippen molar-refractivity contribution in [2.24, 2.45) is 0 Å². The molecule has 4 heteroatoms. The van der Waals surface area contributed by atoms with Crippen molar-refractivity contribution >= 4 is 5.91 Å². The molecule has 3 N–H and O–H groups in total. The van der Waals surface area contributed by atoms with E-state index in [1.807, 2.05) is 0 Å². The number of hydrogen-bond acceptors (Lipinski definition) is 3. The summed E-state index contributed by atoms with van der Waals surface area (Å²) in [4.78, 5) is 10.5. The third-order valence-corrected chi connectivity index (χ3v) is 1.53. The lowest BCUT2D eigenvalue weighted by molar-refractivity contribution is -0.118. The molecule has 0 saturated carbocycles. The Morgan fingerprint density at radius 1 is 1.15 bits per heavy atom. The molecule has 1 amide bonds. The Morgan fingerprint density at radius 2 is 1.77 bits per heavy atom. The van der Waals surface area contributed by atoms with Gasteiger partial charge in [0.2, 0.25) is 5.91 Å². The molecule has 0 spiro atoms. The topological polar surface area (TPSA) is 53.2 Å². The van der Waals surface area contributed by atoms with Crippen molar-refractivity contribution in [2.45, 2.75) is 26.8 Å². The lowest BCUT2D eigenvalue weighted by Crippen LogP contribution is -2.35. The Hall–Kier alpha value is -0.610. The molecule has 78 valence electrons. The molecule has 0 aromatic rings. The molecule has 0 aliphatic carbocycles. The number of rotatable bonds is 7. The van der Waals surface area contributed by atoms with Crippen molar-refractivity contribution in [1.82, 2.24) is 16.0 Å². The standard InChI is InChI=1S/C9H21N3O/c1-8(2)11-6-4-10-5-7-12-9(3)13/h8,10-11H,4-7H2,1-3H3,(H,12,13). The van der Waals surface area contributed by atoms with E-state index in [1.165, 1.54) is 6.92 Å². The van der Waals surface area contributed by atoms with Crippen LogP contribution in [0.3, 0.4) is 0 Å². The first-order chi connectivity index (χ1) is 6.13. The first-order valence-corrected chi connectivity index (χ1v) is 4.81. The van der Waals surface area contributed by atoms with Crippen LogP contribution in [0.5, 0.6) is 0 Å². The van der Waals surface area contributed by atoms with Crippen LogP contribution in [-0.2, 0) is 4.79 Å². The fourth-order valence-corrected chi connectivity index (χ4v) is 0.901. The van der Waals surface area contributed by atoms with E-state index in [0.717, 1.165) is 19.6 Å². The molecule has 4 nitrogen and oxygen atoms in total. The molecule has 0 atom stereocenters. The number of amides is 1. The predicted molar refractivity (Wildman–Crippen MR) is 54.7 cm³/mol. The Labute approximate surface area is 80.5 Å². The molecule has 0 aromatic heterocycles. The fourth-order valence-electron chi connectivity index (χ4n) is 0.901. The number of carbonyl (C=O) groups is 1. The van der Waals surface area contributed by atoms with Gasteiger partial charge < -0.3 is 16.0 Å². The van der Waals surface area contributed by atoms with Gasteiger partial charge in [0.25, 0.3) is 0 Å². The third-order valence-electron chi connectivity index (χ3n) is 1.53. The molecule has 0 aliphatic rings. The van der Waals surface area contributed by atoms with E-state index in [-0.39, 0.29) is 5.91 Å². The van der Waals surface area contributed by atoms with Gasteiger partial charge >= 0.3 is 0 Å². The zero-order chi connectivity index (χ0) is 10.1. The van der Waals surface area contributed by atoms with Crippen LogP contribution in [-0.4, -0.2) is 38.1 Å². The predicted octanol–water partition coefficient (Wildman–Crippen LogP) is -0.290. The van der Waals surface area contributed by atoms with Crippen LogP contribution in [0.15, 0.2) is 0 Å². The van der Waals surface area contributed by atoms with Gasteiger partial charge in [0.05, 0.1) is 0 Å². The largest absolute Gasteiger partial charge is 0.355 e. The lowest BCUT2D eigenvalue weighted by atomic mass is 10.4. The van der Waals surface area contributed by atoms with E-state index in [1.54, 1.807) is 0 Å². The Balaban J connectivity index is 2.96. The van der Waals surface area contributed by atoms with Gasteiger partial charge in [0.1, 0.15) is 0 Å². The summed E-state index contributed by atoms with van der Waals surface area (Å²) in [7, 11) is 0. The highest BCUT2D eigenvalue weighted by Gasteiger charge is 1.92. The average molecular weight is 187 g/mol. The molecule has 0 bridgehead atoms. The maximum Gasteiger partial charge on any atom is 0.216 e. The summed E-state index contributed by atoms with van der Waals surface area (Å²) in [6.07, 6.45) is 0. The van der Waals surface area contributed by atoms with Crippen LogP contribution in [0.4, 0.5) is 0 Å². The number of carbonyl (C=O) groups excluding carboxylic acids is 1. The molecule has 0 fully saturated rings. The van der Waals surface area contributed by atoms with Gasteiger partial charge in [0.15, 0.2) is 0 Å². The van der Waals surface area contributed by atoms with Crippen molar-refractivity contribution in [3.05, 3.63) is 0 Å². The maximum atomic E-state index is 10.5. The monoisotopic (exact) mass is 187 g/mol. The van der Waals surface area contributed by atoms with Crippen LogP contribution in [0.1, 0.15) is 20.8 Å². The highest BCUT2D eigenvalue weighted by molar-refractivity contribution is 5.72. The van der Waals surface area contributed by atoms with Gasteiger partial charge in [-0.25, -0.2) is 0 Å². The van der Waals surface area contributed by atoms with E-state index in [0.29, 0.717) is 12.6 Å². The zero-order valence-electron chi connectivity index (χ0n) is 8.81. The molecular formula is C9H21N3O. The molecule has 0 rings (SSSR count). The minimum Gasteiger partial charge on any atom is -0.355 e. The van der Waals surface area contributed by atoms with Gasteiger partial charge in [-0.05, 0) is 0 Å². The van der Waals surface area contributed by atoms with E-state index in [9.17, 15) is 4.79 Å². The zero-order valence-corrected chi connectivity index (χ0v) is 8.81. The van der Waals surface area contributed by atoms with Crippen molar-refractivity contribution in [3.63, 3.8) is 0 Å². The van der Waals surface area contributed by atoms with E-state index >= 15 is 0 Å². The molecule has 0 heterocycles. The quantitative estimate of drug-likeness (QED) is 0.480.